The number of hydrogen-bond donors (Lipinski definition) is 0. The molecular formula is C17H28N2O3. The lowest BCUT2D eigenvalue weighted by Gasteiger charge is -2.30. The number of carbonyl (C=O) groups is 1. The number of allylic oxidation sites excluding steroid dienone is 1. The van der Waals surface area contributed by atoms with Crippen LogP contribution in [0.1, 0.15) is 38.5 Å². The zero-order valence-corrected chi connectivity index (χ0v) is 13.4. The van der Waals surface area contributed by atoms with Crippen molar-refractivity contribution in [1.82, 2.24) is 9.80 Å². The first-order valence-electron chi connectivity index (χ1n) is 8.73. The van der Waals surface area contributed by atoms with Gasteiger partial charge in [0.05, 0.1) is 18.9 Å². The quantitative estimate of drug-likeness (QED) is 0.750. The van der Waals surface area contributed by atoms with E-state index >= 15 is 0 Å². The Morgan fingerprint density at radius 2 is 1.95 bits per heavy atom. The highest BCUT2D eigenvalue weighted by Gasteiger charge is 2.26. The predicted molar refractivity (Wildman–Crippen MR) is 84.5 cm³/mol. The van der Waals surface area contributed by atoms with Crippen molar-refractivity contribution in [2.75, 3.05) is 39.3 Å². The van der Waals surface area contributed by atoms with E-state index in [1.165, 1.54) is 0 Å². The van der Waals surface area contributed by atoms with Crippen LogP contribution in [-0.2, 0) is 14.3 Å². The summed E-state index contributed by atoms with van der Waals surface area (Å²) < 4.78 is 11.5. The molecule has 3 aliphatic rings. The van der Waals surface area contributed by atoms with Gasteiger partial charge in [0.1, 0.15) is 6.10 Å². The van der Waals surface area contributed by atoms with Crippen LogP contribution < -0.4 is 0 Å². The highest BCUT2D eigenvalue weighted by molar-refractivity contribution is 5.78. The molecule has 2 unspecified atom stereocenters. The summed E-state index contributed by atoms with van der Waals surface area (Å²) in [5, 5.41) is 0. The fourth-order valence-electron chi connectivity index (χ4n) is 3.54. The summed E-state index contributed by atoms with van der Waals surface area (Å²) in [6.45, 7) is 4.89. The van der Waals surface area contributed by atoms with Crippen LogP contribution in [0.4, 0.5) is 0 Å². The van der Waals surface area contributed by atoms with Gasteiger partial charge in [-0.1, -0.05) is 0 Å². The fraction of sp³-hybridized carbons (Fsp3) is 0.824. The zero-order chi connectivity index (χ0) is 15.2. The van der Waals surface area contributed by atoms with Crippen LogP contribution in [0.25, 0.3) is 0 Å². The fourth-order valence-corrected chi connectivity index (χ4v) is 3.54. The number of carbonyl (C=O) groups excluding carboxylic acids is 1. The van der Waals surface area contributed by atoms with Gasteiger partial charge >= 0.3 is 0 Å². The molecule has 22 heavy (non-hydrogen) atoms. The molecule has 5 heteroatoms. The maximum atomic E-state index is 12.5. The Balaban J connectivity index is 1.54. The Hall–Kier alpha value is -1.07. The van der Waals surface area contributed by atoms with Crippen molar-refractivity contribution in [3.8, 4) is 0 Å². The third-order valence-corrected chi connectivity index (χ3v) is 4.79. The number of hydrogen-bond acceptors (Lipinski definition) is 4. The molecule has 0 radical (unpaired) electrons. The van der Waals surface area contributed by atoms with Crippen molar-refractivity contribution in [2.45, 2.75) is 50.7 Å². The lowest BCUT2D eigenvalue weighted by Crippen LogP contribution is -2.45. The Morgan fingerprint density at radius 1 is 1.14 bits per heavy atom. The van der Waals surface area contributed by atoms with Gasteiger partial charge in [0.2, 0.25) is 5.91 Å². The van der Waals surface area contributed by atoms with Gasteiger partial charge in [-0.05, 0) is 44.6 Å². The van der Waals surface area contributed by atoms with Gasteiger partial charge in [-0.15, -0.1) is 0 Å². The molecular weight excluding hydrogens is 280 g/mol. The molecule has 0 aliphatic carbocycles. The lowest BCUT2D eigenvalue weighted by atomic mass is 10.1. The second kappa shape index (κ2) is 7.97. The molecule has 3 rings (SSSR count). The zero-order valence-electron chi connectivity index (χ0n) is 13.4. The van der Waals surface area contributed by atoms with E-state index in [-0.39, 0.29) is 18.1 Å². The molecule has 2 saturated heterocycles. The van der Waals surface area contributed by atoms with Gasteiger partial charge in [-0.25, -0.2) is 0 Å². The van der Waals surface area contributed by atoms with Gasteiger partial charge in [0.15, 0.2) is 0 Å². The molecule has 3 heterocycles. The molecule has 3 aliphatic heterocycles. The van der Waals surface area contributed by atoms with E-state index in [1.54, 1.807) is 6.26 Å². The van der Waals surface area contributed by atoms with E-state index < -0.39 is 0 Å². The van der Waals surface area contributed by atoms with Crippen molar-refractivity contribution in [1.29, 1.82) is 0 Å². The Kier molecular flexibility index (Phi) is 5.73. The normalized spacial score (nSPS) is 28.3. The average molecular weight is 308 g/mol. The monoisotopic (exact) mass is 308 g/mol. The van der Waals surface area contributed by atoms with Gasteiger partial charge in [-0.3, -0.25) is 9.69 Å². The first kappa shape index (κ1) is 15.8. The number of rotatable bonds is 6. The van der Waals surface area contributed by atoms with Crippen LogP contribution >= 0.6 is 0 Å². The van der Waals surface area contributed by atoms with Gasteiger partial charge in [0, 0.05) is 32.8 Å². The van der Waals surface area contributed by atoms with E-state index in [0.29, 0.717) is 6.54 Å². The highest BCUT2D eigenvalue weighted by Crippen LogP contribution is 2.17. The summed E-state index contributed by atoms with van der Waals surface area (Å²) >= 11 is 0. The van der Waals surface area contributed by atoms with Crippen molar-refractivity contribution in [2.24, 2.45) is 0 Å². The average Bonchev–Trinajstić information content (AvgIpc) is 3.21. The van der Waals surface area contributed by atoms with Crippen molar-refractivity contribution in [3.05, 3.63) is 12.3 Å². The van der Waals surface area contributed by atoms with Gasteiger partial charge in [0.25, 0.3) is 0 Å². The van der Waals surface area contributed by atoms with Crippen molar-refractivity contribution >= 4 is 5.91 Å². The minimum Gasteiger partial charge on any atom is -0.497 e. The van der Waals surface area contributed by atoms with E-state index in [2.05, 4.69) is 11.0 Å². The SMILES string of the molecule is O=C(CN(CC1CCC=CO1)CC1CCCO1)N1CCCC1. The first-order chi connectivity index (χ1) is 10.8. The number of amides is 1. The molecule has 2 atom stereocenters. The minimum atomic E-state index is 0.206. The molecule has 124 valence electrons. The van der Waals surface area contributed by atoms with E-state index in [0.717, 1.165) is 71.3 Å². The van der Waals surface area contributed by atoms with Crippen molar-refractivity contribution < 1.29 is 14.3 Å². The maximum absolute atomic E-state index is 12.5. The Labute approximate surface area is 133 Å². The molecule has 0 N–H and O–H groups in total. The summed E-state index contributed by atoms with van der Waals surface area (Å²) in [7, 11) is 0. The molecule has 0 bridgehead atoms. The smallest absolute Gasteiger partial charge is 0.236 e. The third kappa shape index (κ3) is 4.46. The van der Waals surface area contributed by atoms with Crippen molar-refractivity contribution in [3.63, 3.8) is 0 Å². The lowest BCUT2D eigenvalue weighted by molar-refractivity contribution is -0.132. The molecule has 0 saturated carbocycles. The van der Waals surface area contributed by atoms with E-state index in [4.69, 9.17) is 9.47 Å². The van der Waals surface area contributed by atoms with Crippen LogP contribution in [0.5, 0.6) is 0 Å². The van der Waals surface area contributed by atoms with E-state index in [1.807, 2.05) is 4.90 Å². The molecule has 0 aromatic heterocycles. The van der Waals surface area contributed by atoms with Crippen LogP contribution in [0.15, 0.2) is 12.3 Å². The number of nitrogens with zero attached hydrogens (tertiary/aromatic N) is 2. The summed E-state index contributed by atoms with van der Waals surface area (Å²) in [4.78, 5) is 16.7. The number of likely N-dealkylation sites (tertiary alicyclic amines) is 1. The summed E-state index contributed by atoms with van der Waals surface area (Å²) in [6, 6.07) is 0. The van der Waals surface area contributed by atoms with Crippen LogP contribution in [0.3, 0.4) is 0 Å². The molecule has 0 aromatic rings. The maximum Gasteiger partial charge on any atom is 0.236 e. The first-order valence-corrected chi connectivity index (χ1v) is 8.73. The largest absolute Gasteiger partial charge is 0.497 e. The minimum absolute atomic E-state index is 0.206. The van der Waals surface area contributed by atoms with Crippen LogP contribution in [-0.4, -0.2) is 67.2 Å². The van der Waals surface area contributed by atoms with Gasteiger partial charge in [-0.2, -0.15) is 0 Å². The topological polar surface area (TPSA) is 42.0 Å². The predicted octanol–water partition coefficient (Wildman–Crippen LogP) is 1.78. The summed E-state index contributed by atoms with van der Waals surface area (Å²) in [6.07, 6.45) is 11.0. The Bertz CT molecular complexity index is 387. The van der Waals surface area contributed by atoms with E-state index in [9.17, 15) is 4.79 Å². The molecule has 1 amide bonds. The Morgan fingerprint density at radius 3 is 2.64 bits per heavy atom. The van der Waals surface area contributed by atoms with Crippen LogP contribution in [0, 0.1) is 0 Å². The number of ether oxygens (including phenoxy) is 2. The molecule has 2 fully saturated rings. The second-order valence-electron chi connectivity index (χ2n) is 6.62. The second-order valence-corrected chi connectivity index (χ2v) is 6.62. The standard InChI is InChI=1S/C17H28N2O3/c20-17(19-8-2-3-9-19)14-18(13-16-7-5-11-22-16)12-15-6-1-4-10-21-15/h4,10,15-16H,1-3,5-9,11-14H2. The summed E-state index contributed by atoms with van der Waals surface area (Å²) in [5.41, 5.74) is 0. The summed E-state index contributed by atoms with van der Waals surface area (Å²) in [5.74, 6) is 0.266. The highest BCUT2D eigenvalue weighted by atomic mass is 16.5. The molecule has 0 spiro atoms. The third-order valence-electron chi connectivity index (χ3n) is 4.79. The molecule has 0 aromatic carbocycles. The molecule has 5 nitrogen and oxygen atoms in total. The van der Waals surface area contributed by atoms with Gasteiger partial charge < -0.3 is 14.4 Å². The van der Waals surface area contributed by atoms with Crippen LogP contribution in [0.2, 0.25) is 0 Å².